The first-order valence-corrected chi connectivity index (χ1v) is 7.24. The minimum Gasteiger partial charge on any atom is -0.398 e. The molecule has 18 heavy (non-hydrogen) atoms. The van der Waals surface area contributed by atoms with E-state index >= 15 is 0 Å². The van der Waals surface area contributed by atoms with Gasteiger partial charge in [0, 0.05) is 13.1 Å². The fraction of sp³-hybridized carbons (Fsp3) is 0.500. The predicted molar refractivity (Wildman–Crippen MR) is 74.1 cm³/mol. The SMILES string of the molecule is Cc1ccc(N)c(S(=O)(=O)NCCN(C)C)c1C. The summed E-state index contributed by atoms with van der Waals surface area (Å²) in [6, 6.07) is 3.45. The van der Waals surface area contributed by atoms with Crippen LogP contribution in [0.15, 0.2) is 17.0 Å². The Labute approximate surface area is 109 Å². The Bertz CT molecular complexity index is 524. The number of likely N-dealkylation sites (N-methyl/N-ethyl adjacent to an activating group) is 1. The minimum absolute atomic E-state index is 0.196. The van der Waals surface area contributed by atoms with E-state index in [1.807, 2.05) is 32.0 Å². The number of hydrogen-bond acceptors (Lipinski definition) is 4. The van der Waals surface area contributed by atoms with Crippen molar-refractivity contribution in [3.05, 3.63) is 23.3 Å². The van der Waals surface area contributed by atoms with Gasteiger partial charge in [-0.2, -0.15) is 0 Å². The van der Waals surface area contributed by atoms with Crippen molar-refractivity contribution >= 4 is 15.7 Å². The molecule has 1 aromatic carbocycles. The number of nitrogens with one attached hydrogen (secondary N) is 1. The van der Waals surface area contributed by atoms with Gasteiger partial charge in [0.05, 0.1) is 5.69 Å². The van der Waals surface area contributed by atoms with Crippen LogP contribution < -0.4 is 10.5 Å². The van der Waals surface area contributed by atoms with Gasteiger partial charge in [0.25, 0.3) is 0 Å². The van der Waals surface area contributed by atoms with Crippen LogP contribution in [0.4, 0.5) is 5.69 Å². The van der Waals surface area contributed by atoms with Gasteiger partial charge in [-0.25, -0.2) is 13.1 Å². The summed E-state index contributed by atoms with van der Waals surface area (Å²) in [6.45, 7) is 4.64. The van der Waals surface area contributed by atoms with E-state index in [0.717, 1.165) is 5.56 Å². The third kappa shape index (κ3) is 3.44. The lowest BCUT2D eigenvalue weighted by molar-refractivity contribution is 0.412. The maximum atomic E-state index is 12.2. The molecule has 0 radical (unpaired) electrons. The van der Waals surface area contributed by atoms with E-state index in [1.165, 1.54) is 0 Å². The van der Waals surface area contributed by atoms with E-state index in [1.54, 1.807) is 13.0 Å². The first-order chi connectivity index (χ1) is 8.25. The summed E-state index contributed by atoms with van der Waals surface area (Å²) in [4.78, 5) is 2.11. The Morgan fingerprint density at radius 2 is 1.89 bits per heavy atom. The highest BCUT2D eigenvalue weighted by molar-refractivity contribution is 7.89. The van der Waals surface area contributed by atoms with Gasteiger partial charge in [0.1, 0.15) is 4.90 Å². The van der Waals surface area contributed by atoms with E-state index in [4.69, 9.17) is 5.73 Å². The lowest BCUT2D eigenvalue weighted by Crippen LogP contribution is -2.32. The van der Waals surface area contributed by atoms with Crippen LogP contribution in [-0.4, -0.2) is 40.5 Å². The van der Waals surface area contributed by atoms with Gasteiger partial charge in [-0.1, -0.05) is 6.07 Å². The average Bonchev–Trinajstić information content (AvgIpc) is 2.23. The van der Waals surface area contributed by atoms with Crippen molar-refractivity contribution in [2.24, 2.45) is 0 Å². The summed E-state index contributed by atoms with van der Waals surface area (Å²) in [7, 11) is 0.237. The van der Waals surface area contributed by atoms with Crippen molar-refractivity contribution in [2.75, 3.05) is 32.9 Å². The van der Waals surface area contributed by atoms with Crippen molar-refractivity contribution in [2.45, 2.75) is 18.7 Å². The lowest BCUT2D eigenvalue weighted by Gasteiger charge is -2.15. The van der Waals surface area contributed by atoms with Gasteiger partial charge in [-0.15, -0.1) is 0 Å². The largest absolute Gasteiger partial charge is 0.398 e. The van der Waals surface area contributed by atoms with Crippen LogP contribution in [0.5, 0.6) is 0 Å². The molecule has 0 aliphatic heterocycles. The number of nitrogen functional groups attached to an aromatic ring is 1. The Kier molecular flexibility index (Phi) is 4.72. The molecule has 0 aliphatic carbocycles. The Hall–Kier alpha value is -1.11. The smallest absolute Gasteiger partial charge is 0.242 e. The van der Waals surface area contributed by atoms with Crippen molar-refractivity contribution in [3.8, 4) is 0 Å². The van der Waals surface area contributed by atoms with Gasteiger partial charge in [0.15, 0.2) is 0 Å². The molecule has 0 heterocycles. The minimum atomic E-state index is -3.54. The number of nitrogens with zero attached hydrogens (tertiary/aromatic N) is 1. The highest BCUT2D eigenvalue weighted by Gasteiger charge is 2.20. The normalized spacial score (nSPS) is 12.1. The van der Waals surface area contributed by atoms with Crippen molar-refractivity contribution < 1.29 is 8.42 Å². The quantitative estimate of drug-likeness (QED) is 0.774. The van der Waals surface area contributed by atoms with Crippen LogP contribution in [0.2, 0.25) is 0 Å². The maximum absolute atomic E-state index is 12.2. The molecular weight excluding hydrogens is 250 g/mol. The molecule has 1 rings (SSSR count). The van der Waals surface area contributed by atoms with E-state index in [0.29, 0.717) is 18.7 Å². The number of aryl methyl sites for hydroxylation is 1. The highest BCUT2D eigenvalue weighted by atomic mass is 32.2. The molecular formula is C12H21N3O2S. The molecule has 0 atom stereocenters. The molecule has 1 aromatic rings. The Morgan fingerprint density at radius 3 is 2.44 bits per heavy atom. The first-order valence-electron chi connectivity index (χ1n) is 5.76. The molecule has 0 bridgehead atoms. The van der Waals surface area contributed by atoms with Gasteiger partial charge < -0.3 is 10.6 Å². The van der Waals surface area contributed by atoms with Gasteiger partial charge in [-0.3, -0.25) is 0 Å². The number of benzene rings is 1. The third-order valence-corrected chi connectivity index (χ3v) is 4.49. The summed E-state index contributed by atoms with van der Waals surface area (Å²) in [5.41, 5.74) is 7.68. The molecule has 0 saturated heterocycles. The van der Waals surface area contributed by atoms with Crippen molar-refractivity contribution in [1.29, 1.82) is 0 Å². The van der Waals surface area contributed by atoms with Crippen LogP contribution in [0, 0.1) is 13.8 Å². The van der Waals surface area contributed by atoms with E-state index in [2.05, 4.69) is 4.72 Å². The fourth-order valence-corrected chi connectivity index (χ4v) is 3.09. The third-order valence-electron chi connectivity index (χ3n) is 2.83. The monoisotopic (exact) mass is 271 g/mol. The first kappa shape index (κ1) is 14.9. The van der Waals surface area contributed by atoms with E-state index in [-0.39, 0.29) is 10.6 Å². The Morgan fingerprint density at radius 1 is 1.28 bits per heavy atom. The Balaban J connectivity index is 3.02. The highest BCUT2D eigenvalue weighted by Crippen LogP contribution is 2.24. The number of anilines is 1. The molecule has 3 N–H and O–H groups in total. The fourth-order valence-electron chi connectivity index (χ4n) is 1.64. The zero-order valence-corrected chi connectivity index (χ0v) is 12.1. The number of nitrogens with two attached hydrogens (primary N) is 1. The predicted octanol–water partition coefficient (Wildman–Crippen LogP) is 0.726. The number of hydrogen-bond donors (Lipinski definition) is 2. The lowest BCUT2D eigenvalue weighted by atomic mass is 10.1. The van der Waals surface area contributed by atoms with Crippen molar-refractivity contribution in [3.63, 3.8) is 0 Å². The second-order valence-electron chi connectivity index (χ2n) is 4.63. The van der Waals surface area contributed by atoms with E-state index in [9.17, 15) is 8.42 Å². The molecule has 102 valence electrons. The molecule has 6 heteroatoms. The standard InChI is InChI=1S/C12H21N3O2S/c1-9-5-6-11(13)12(10(9)2)18(16,17)14-7-8-15(3)4/h5-6,14H,7-8,13H2,1-4H3. The molecule has 0 fully saturated rings. The average molecular weight is 271 g/mol. The summed E-state index contributed by atoms with van der Waals surface area (Å²) >= 11 is 0. The molecule has 0 aliphatic rings. The maximum Gasteiger partial charge on any atom is 0.242 e. The zero-order valence-electron chi connectivity index (χ0n) is 11.3. The summed E-state index contributed by atoms with van der Waals surface area (Å²) in [5.74, 6) is 0. The van der Waals surface area contributed by atoms with Crippen LogP contribution in [0.25, 0.3) is 0 Å². The van der Waals surface area contributed by atoms with Crippen LogP contribution in [0.3, 0.4) is 0 Å². The molecule has 0 spiro atoms. The molecule has 0 unspecified atom stereocenters. The van der Waals surface area contributed by atoms with Gasteiger partial charge in [-0.05, 0) is 45.1 Å². The zero-order chi connectivity index (χ0) is 13.9. The number of rotatable bonds is 5. The molecule has 0 saturated carbocycles. The van der Waals surface area contributed by atoms with Gasteiger partial charge in [0.2, 0.25) is 10.0 Å². The van der Waals surface area contributed by atoms with Crippen LogP contribution >= 0.6 is 0 Å². The van der Waals surface area contributed by atoms with Crippen LogP contribution in [0.1, 0.15) is 11.1 Å². The van der Waals surface area contributed by atoms with E-state index < -0.39 is 10.0 Å². The van der Waals surface area contributed by atoms with Crippen LogP contribution in [-0.2, 0) is 10.0 Å². The second-order valence-corrected chi connectivity index (χ2v) is 6.33. The number of sulfonamides is 1. The topological polar surface area (TPSA) is 75.4 Å². The second kappa shape index (κ2) is 5.69. The summed E-state index contributed by atoms with van der Waals surface area (Å²) in [6.07, 6.45) is 0. The molecule has 0 amide bonds. The molecule has 5 nitrogen and oxygen atoms in total. The summed E-state index contributed by atoms with van der Waals surface area (Å²) < 4.78 is 27.0. The summed E-state index contributed by atoms with van der Waals surface area (Å²) in [5, 5.41) is 0. The molecule has 0 aromatic heterocycles. The van der Waals surface area contributed by atoms with Crippen molar-refractivity contribution in [1.82, 2.24) is 9.62 Å². The van der Waals surface area contributed by atoms with Gasteiger partial charge >= 0.3 is 0 Å².